The Kier molecular flexibility index (Phi) is 4.68. The number of rotatable bonds is 4. The number of aromatic amines is 1. The third-order valence-corrected chi connectivity index (χ3v) is 5.05. The summed E-state index contributed by atoms with van der Waals surface area (Å²) in [5.41, 5.74) is 4.72. The highest BCUT2D eigenvalue weighted by molar-refractivity contribution is 6.04. The summed E-state index contributed by atoms with van der Waals surface area (Å²) >= 11 is 0. The lowest BCUT2D eigenvalue weighted by Gasteiger charge is -2.16. The van der Waals surface area contributed by atoms with Gasteiger partial charge in [0.2, 0.25) is 0 Å². The highest BCUT2D eigenvalue weighted by Crippen LogP contribution is 2.27. The SMILES string of the molecule is Cc1ccc(C(NC(=O)c2[nH]c3c(c2C)C(=O)CCC3)C(=O)O)cc1C. The Hall–Kier alpha value is -2.89. The van der Waals surface area contributed by atoms with Crippen LogP contribution in [0.5, 0.6) is 0 Å². The van der Waals surface area contributed by atoms with E-state index < -0.39 is 17.9 Å². The quantitative estimate of drug-likeness (QED) is 0.786. The molecule has 0 saturated heterocycles. The number of nitrogens with one attached hydrogen (secondary N) is 2. The van der Waals surface area contributed by atoms with E-state index in [2.05, 4.69) is 10.3 Å². The van der Waals surface area contributed by atoms with Gasteiger partial charge in [0, 0.05) is 17.7 Å². The fourth-order valence-electron chi connectivity index (χ4n) is 3.44. The van der Waals surface area contributed by atoms with Gasteiger partial charge in [-0.3, -0.25) is 9.59 Å². The number of hydrogen-bond donors (Lipinski definition) is 3. The topological polar surface area (TPSA) is 99.3 Å². The van der Waals surface area contributed by atoms with Crippen LogP contribution in [0.4, 0.5) is 0 Å². The van der Waals surface area contributed by atoms with Gasteiger partial charge in [0.1, 0.15) is 5.69 Å². The first-order chi connectivity index (χ1) is 12.3. The van der Waals surface area contributed by atoms with Gasteiger partial charge in [0.25, 0.3) is 5.91 Å². The van der Waals surface area contributed by atoms with Crippen molar-refractivity contribution in [2.45, 2.75) is 46.1 Å². The number of amides is 1. The zero-order chi connectivity index (χ0) is 19.0. The largest absolute Gasteiger partial charge is 0.479 e. The van der Waals surface area contributed by atoms with Crippen molar-refractivity contribution in [1.29, 1.82) is 0 Å². The predicted octanol–water partition coefficient (Wildman–Crippen LogP) is 3.01. The van der Waals surface area contributed by atoms with Gasteiger partial charge in [0.15, 0.2) is 11.8 Å². The molecule has 3 rings (SSSR count). The normalized spacial score (nSPS) is 14.7. The molecule has 1 aliphatic carbocycles. The molecule has 3 N–H and O–H groups in total. The average Bonchev–Trinajstić information content (AvgIpc) is 2.93. The number of carbonyl (C=O) groups excluding carboxylic acids is 2. The van der Waals surface area contributed by atoms with Crippen LogP contribution in [0.15, 0.2) is 18.2 Å². The van der Waals surface area contributed by atoms with Crippen LogP contribution in [0, 0.1) is 20.8 Å². The lowest BCUT2D eigenvalue weighted by atomic mass is 9.93. The summed E-state index contributed by atoms with van der Waals surface area (Å²) in [5, 5.41) is 12.2. The van der Waals surface area contributed by atoms with E-state index in [0.717, 1.165) is 23.2 Å². The lowest BCUT2D eigenvalue weighted by Crippen LogP contribution is -2.34. The third-order valence-electron chi connectivity index (χ3n) is 5.05. The number of carboxylic acid groups (broad SMARTS) is 1. The minimum atomic E-state index is -1.16. The fraction of sp³-hybridized carbons (Fsp3) is 0.350. The fourth-order valence-corrected chi connectivity index (χ4v) is 3.44. The van der Waals surface area contributed by atoms with Gasteiger partial charge in [-0.15, -0.1) is 0 Å². The maximum Gasteiger partial charge on any atom is 0.330 e. The van der Waals surface area contributed by atoms with Gasteiger partial charge in [0.05, 0.1) is 0 Å². The van der Waals surface area contributed by atoms with Crippen LogP contribution >= 0.6 is 0 Å². The molecule has 26 heavy (non-hydrogen) atoms. The Labute approximate surface area is 151 Å². The minimum Gasteiger partial charge on any atom is -0.479 e. The van der Waals surface area contributed by atoms with Gasteiger partial charge < -0.3 is 15.4 Å². The van der Waals surface area contributed by atoms with Crippen molar-refractivity contribution in [3.63, 3.8) is 0 Å². The van der Waals surface area contributed by atoms with Crippen LogP contribution in [0.1, 0.15) is 67.7 Å². The second-order valence-corrected chi connectivity index (χ2v) is 6.84. The molecule has 1 aromatic carbocycles. The molecule has 1 atom stereocenters. The molecule has 1 unspecified atom stereocenters. The van der Waals surface area contributed by atoms with E-state index in [4.69, 9.17) is 0 Å². The van der Waals surface area contributed by atoms with Crippen LogP contribution in [0.3, 0.4) is 0 Å². The Morgan fingerprint density at radius 2 is 1.88 bits per heavy atom. The molecule has 1 aromatic heterocycles. The Balaban J connectivity index is 1.91. The van der Waals surface area contributed by atoms with Crippen molar-refractivity contribution in [1.82, 2.24) is 10.3 Å². The second-order valence-electron chi connectivity index (χ2n) is 6.84. The van der Waals surface area contributed by atoms with Crippen LogP contribution in [-0.2, 0) is 11.2 Å². The molecule has 6 nitrogen and oxygen atoms in total. The summed E-state index contributed by atoms with van der Waals surface area (Å²) < 4.78 is 0. The van der Waals surface area contributed by atoms with Crippen molar-refractivity contribution in [2.24, 2.45) is 0 Å². The number of carbonyl (C=O) groups is 3. The number of carboxylic acids is 1. The highest BCUT2D eigenvalue weighted by Gasteiger charge is 2.29. The average molecular weight is 354 g/mol. The molecule has 0 spiro atoms. The van der Waals surface area contributed by atoms with Gasteiger partial charge in [-0.2, -0.15) is 0 Å². The molecule has 0 aliphatic heterocycles. The number of hydrogen-bond acceptors (Lipinski definition) is 3. The van der Waals surface area contributed by atoms with Crippen LogP contribution < -0.4 is 5.32 Å². The lowest BCUT2D eigenvalue weighted by molar-refractivity contribution is -0.139. The van der Waals surface area contributed by atoms with E-state index in [1.165, 1.54) is 0 Å². The van der Waals surface area contributed by atoms with Crippen molar-refractivity contribution in [2.75, 3.05) is 0 Å². The van der Waals surface area contributed by atoms with E-state index in [9.17, 15) is 19.5 Å². The molecule has 136 valence electrons. The standard InChI is InChI=1S/C20H22N2O4/c1-10-7-8-13(9-11(10)2)18(20(25)26)22-19(24)17-12(3)16-14(21-17)5-4-6-15(16)23/h7-9,18,21H,4-6H2,1-3H3,(H,22,24)(H,25,26). The highest BCUT2D eigenvalue weighted by atomic mass is 16.4. The summed E-state index contributed by atoms with van der Waals surface area (Å²) in [6.07, 6.45) is 1.95. The zero-order valence-corrected chi connectivity index (χ0v) is 15.1. The molecule has 1 amide bonds. The Bertz CT molecular complexity index is 911. The first-order valence-corrected chi connectivity index (χ1v) is 8.65. The number of fused-ring (bicyclic) bond motifs is 1. The number of ketones is 1. The number of benzene rings is 1. The molecule has 1 heterocycles. The van der Waals surface area contributed by atoms with E-state index in [1.54, 1.807) is 19.1 Å². The van der Waals surface area contributed by atoms with Gasteiger partial charge >= 0.3 is 5.97 Å². The summed E-state index contributed by atoms with van der Waals surface area (Å²) in [6, 6.07) is 4.16. The first-order valence-electron chi connectivity index (χ1n) is 8.65. The first kappa shape index (κ1) is 17.9. The Morgan fingerprint density at radius 3 is 2.50 bits per heavy atom. The summed E-state index contributed by atoms with van der Waals surface area (Å²) in [5.74, 6) is -1.62. The minimum absolute atomic E-state index is 0.0305. The summed E-state index contributed by atoms with van der Waals surface area (Å²) in [6.45, 7) is 5.56. The molecule has 6 heteroatoms. The zero-order valence-electron chi connectivity index (χ0n) is 15.1. The number of H-pyrrole nitrogens is 1. The third kappa shape index (κ3) is 3.14. The van der Waals surface area contributed by atoms with E-state index in [-0.39, 0.29) is 11.5 Å². The second kappa shape index (κ2) is 6.78. The Morgan fingerprint density at radius 1 is 1.15 bits per heavy atom. The molecule has 2 aromatic rings. The van der Waals surface area contributed by atoms with Crippen molar-refractivity contribution < 1.29 is 19.5 Å². The van der Waals surface area contributed by atoms with Crippen molar-refractivity contribution in [3.8, 4) is 0 Å². The van der Waals surface area contributed by atoms with Gasteiger partial charge in [-0.05, 0) is 55.9 Å². The maximum atomic E-state index is 12.7. The number of aromatic nitrogens is 1. The van der Waals surface area contributed by atoms with Crippen molar-refractivity contribution >= 4 is 17.7 Å². The van der Waals surface area contributed by atoms with Crippen molar-refractivity contribution in [3.05, 3.63) is 57.4 Å². The van der Waals surface area contributed by atoms with Gasteiger partial charge in [-0.25, -0.2) is 4.79 Å². The maximum absolute atomic E-state index is 12.7. The van der Waals surface area contributed by atoms with Crippen LogP contribution in [-0.4, -0.2) is 27.8 Å². The monoisotopic (exact) mass is 354 g/mol. The van der Waals surface area contributed by atoms with E-state index >= 15 is 0 Å². The van der Waals surface area contributed by atoms with E-state index in [0.29, 0.717) is 29.5 Å². The summed E-state index contributed by atoms with van der Waals surface area (Å²) in [4.78, 5) is 39.6. The molecule has 0 fully saturated rings. The molecule has 0 bridgehead atoms. The smallest absolute Gasteiger partial charge is 0.330 e. The molecule has 1 aliphatic rings. The molecular weight excluding hydrogens is 332 g/mol. The molecular formula is C20H22N2O4. The summed E-state index contributed by atoms with van der Waals surface area (Å²) in [7, 11) is 0. The predicted molar refractivity (Wildman–Crippen MR) is 96.6 cm³/mol. The molecule has 0 saturated carbocycles. The molecule has 0 radical (unpaired) electrons. The number of aryl methyl sites for hydroxylation is 3. The van der Waals surface area contributed by atoms with Crippen LogP contribution in [0.25, 0.3) is 0 Å². The van der Waals surface area contributed by atoms with E-state index in [1.807, 2.05) is 19.9 Å². The number of aliphatic carboxylic acids is 1. The van der Waals surface area contributed by atoms with Crippen LogP contribution in [0.2, 0.25) is 0 Å². The van der Waals surface area contributed by atoms with Gasteiger partial charge in [-0.1, -0.05) is 18.2 Å². The number of Topliss-reactive ketones (excluding diaryl/α,β-unsaturated/α-hetero) is 1.